The second kappa shape index (κ2) is 6.81. The largest absolute Gasteiger partial charge is 0.377 e. The van der Waals surface area contributed by atoms with Crippen LogP contribution in [0.4, 0.5) is 15.8 Å². The fourth-order valence-corrected chi connectivity index (χ4v) is 2.76. The van der Waals surface area contributed by atoms with Gasteiger partial charge in [-0.25, -0.2) is 4.39 Å². The first-order chi connectivity index (χ1) is 10.0. The fourth-order valence-electron chi connectivity index (χ4n) is 2.42. The van der Waals surface area contributed by atoms with Gasteiger partial charge in [-0.2, -0.15) is 0 Å². The summed E-state index contributed by atoms with van der Waals surface area (Å²) >= 11 is 6.28. The van der Waals surface area contributed by atoms with Crippen LogP contribution < -0.4 is 10.2 Å². The summed E-state index contributed by atoms with van der Waals surface area (Å²) in [7, 11) is 3.91. The molecule has 0 aliphatic heterocycles. The molecule has 0 saturated heterocycles. The fraction of sp³-hybridized carbons (Fsp3) is 0.294. The van der Waals surface area contributed by atoms with Gasteiger partial charge >= 0.3 is 0 Å². The third-order valence-electron chi connectivity index (χ3n) is 3.42. The lowest BCUT2D eigenvalue weighted by atomic mass is 10.0. The first-order valence-electron chi connectivity index (χ1n) is 7.00. The summed E-state index contributed by atoms with van der Waals surface area (Å²) < 4.78 is 13.4. The zero-order valence-electron chi connectivity index (χ0n) is 12.5. The molecule has 2 aromatic carbocycles. The van der Waals surface area contributed by atoms with E-state index in [1.807, 2.05) is 43.3 Å². The molecule has 112 valence electrons. The number of rotatable bonds is 5. The molecule has 2 rings (SSSR count). The lowest BCUT2D eigenvalue weighted by Gasteiger charge is -2.24. The van der Waals surface area contributed by atoms with Crippen LogP contribution in [-0.4, -0.2) is 14.1 Å². The molecule has 4 heteroatoms. The van der Waals surface area contributed by atoms with Crippen molar-refractivity contribution in [3.05, 3.63) is 58.9 Å². The number of nitrogens with zero attached hydrogens (tertiary/aromatic N) is 1. The van der Waals surface area contributed by atoms with Crippen LogP contribution >= 0.6 is 11.6 Å². The van der Waals surface area contributed by atoms with Gasteiger partial charge in [0, 0.05) is 14.1 Å². The first-order valence-corrected chi connectivity index (χ1v) is 7.38. The molecule has 1 atom stereocenters. The van der Waals surface area contributed by atoms with E-state index in [1.54, 1.807) is 12.1 Å². The van der Waals surface area contributed by atoms with Gasteiger partial charge in [0.2, 0.25) is 0 Å². The van der Waals surface area contributed by atoms with Crippen molar-refractivity contribution in [2.45, 2.75) is 19.4 Å². The van der Waals surface area contributed by atoms with E-state index in [2.05, 4.69) is 12.2 Å². The van der Waals surface area contributed by atoms with Crippen LogP contribution in [0, 0.1) is 5.82 Å². The molecule has 0 aromatic heterocycles. The monoisotopic (exact) mass is 306 g/mol. The van der Waals surface area contributed by atoms with Crippen molar-refractivity contribution in [2.24, 2.45) is 0 Å². The molecule has 0 saturated carbocycles. The molecule has 0 aliphatic rings. The number of hydrogen-bond donors (Lipinski definition) is 1. The molecular weight excluding hydrogens is 287 g/mol. The van der Waals surface area contributed by atoms with E-state index in [0.717, 1.165) is 23.4 Å². The highest BCUT2D eigenvalue weighted by Gasteiger charge is 2.14. The second-order valence-corrected chi connectivity index (χ2v) is 5.60. The average molecular weight is 307 g/mol. The van der Waals surface area contributed by atoms with Gasteiger partial charge in [0.15, 0.2) is 0 Å². The van der Waals surface area contributed by atoms with Gasteiger partial charge in [-0.05, 0) is 36.2 Å². The minimum Gasteiger partial charge on any atom is -0.377 e. The predicted molar refractivity (Wildman–Crippen MR) is 88.8 cm³/mol. The highest BCUT2D eigenvalue weighted by atomic mass is 35.5. The Balaban J connectivity index is 2.33. The van der Waals surface area contributed by atoms with Crippen LogP contribution in [0.5, 0.6) is 0 Å². The minimum absolute atomic E-state index is 0.0397. The number of hydrogen-bond acceptors (Lipinski definition) is 2. The van der Waals surface area contributed by atoms with Crippen LogP contribution in [0.25, 0.3) is 0 Å². The van der Waals surface area contributed by atoms with Crippen molar-refractivity contribution in [1.29, 1.82) is 0 Å². The maximum absolute atomic E-state index is 13.4. The number of para-hydroxylation sites is 1. The van der Waals surface area contributed by atoms with E-state index >= 15 is 0 Å². The van der Waals surface area contributed by atoms with Gasteiger partial charge in [0.1, 0.15) is 5.82 Å². The predicted octanol–water partition coefficient (Wildman–Crippen LogP) is 5.11. The van der Waals surface area contributed by atoms with Crippen molar-refractivity contribution in [3.63, 3.8) is 0 Å². The summed E-state index contributed by atoms with van der Waals surface area (Å²) in [6, 6.07) is 12.5. The maximum atomic E-state index is 13.4. The molecule has 0 radical (unpaired) electrons. The van der Waals surface area contributed by atoms with E-state index in [-0.39, 0.29) is 11.9 Å². The van der Waals surface area contributed by atoms with Crippen LogP contribution in [0.1, 0.15) is 24.9 Å². The van der Waals surface area contributed by atoms with Gasteiger partial charge in [-0.15, -0.1) is 0 Å². The highest BCUT2D eigenvalue weighted by molar-refractivity contribution is 6.34. The third-order valence-corrected chi connectivity index (χ3v) is 3.73. The molecule has 0 spiro atoms. The number of anilines is 2. The molecule has 0 aliphatic carbocycles. The zero-order chi connectivity index (χ0) is 15.4. The Kier molecular flexibility index (Phi) is 5.07. The van der Waals surface area contributed by atoms with E-state index in [9.17, 15) is 4.39 Å². The minimum atomic E-state index is -0.216. The van der Waals surface area contributed by atoms with E-state index in [0.29, 0.717) is 5.02 Å². The van der Waals surface area contributed by atoms with Gasteiger partial charge < -0.3 is 10.2 Å². The standard InChI is InChI=1S/C17H20ClFN2/c1-4-15(12-7-5-8-13(19)11-12)20-16-10-6-9-14(18)17(16)21(2)3/h5-11,15,20H,4H2,1-3H3. The van der Waals surface area contributed by atoms with Gasteiger partial charge in [0.25, 0.3) is 0 Å². The third kappa shape index (κ3) is 3.67. The lowest BCUT2D eigenvalue weighted by Crippen LogP contribution is -2.15. The lowest BCUT2D eigenvalue weighted by molar-refractivity contribution is 0.621. The average Bonchev–Trinajstić information content (AvgIpc) is 2.44. The summed E-state index contributed by atoms with van der Waals surface area (Å²) in [5.74, 6) is -0.216. The first kappa shape index (κ1) is 15.6. The SMILES string of the molecule is CCC(Nc1cccc(Cl)c1N(C)C)c1cccc(F)c1. The molecule has 0 bridgehead atoms. The van der Waals surface area contributed by atoms with Crippen LogP contribution in [0.2, 0.25) is 5.02 Å². The molecular formula is C17H20ClFN2. The Morgan fingerprint density at radius 3 is 2.52 bits per heavy atom. The summed E-state index contributed by atoms with van der Waals surface area (Å²) in [5, 5.41) is 4.16. The molecule has 2 nitrogen and oxygen atoms in total. The second-order valence-electron chi connectivity index (χ2n) is 5.19. The van der Waals surface area contributed by atoms with Crippen molar-refractivity contribution < 1.29 is 4.39 Å². The number of benzene rings is 2. The normalized spacial score (nSPS) is 12.0. The molecule has 2 aromatic rings. The van der Waals surface area contributed by atoms with Crippen molar-refractivity contribution in [2.75, 3.05) is 24.3 Å². The molecule has 0 fully saturated rings. The Labute approximate surface area is 130 Å². The van der Waals surface area contributed by atoms with Gasteiger partial charge in [0.05, 0.1) is 22.4 Å². The van der Waals surface area contributed by atoms with Crippen LogP contribution in [-0.2, 0) is 0 Å². The maximum Gasteiger partial charge on any atom is 0.123 e. The summed E-state index contributed by atoms with van der Waals surface area (Å²) in [6.45, 7) is 2.07. The molecule has 1 unspecified atom stereocenters. The molecule has 0 amide bonds. The Hall–Kier alpha value is -1.74. The quantitative estimate of drug-likeness (QED) is 0.826. The molecule has 1 N–H and O–H groups in total. The smallest absolute Gasteiger partial charge is 0.123 e. The van der Waals surface area contributed by atoms with E-state index in [1.165, 1.54) is 6.07 Å². The number of nitrogens with one attached hydrogen (secondary N) is 1. The van der Waals surface area contributed by atoms with Crippen molar-refractivity contribution >= 4 is 23.0 Å². The molecule has 0 heterocycles. The van der Waals surface area contributed by atoms with E-state index in [4.69, 9.17) is 11.6 Å². The summed E-state index contributed by atoms with van der Waals surface area (Å²) in [6.07, 6.45) is 0.850. The Bertz CT molecular complexity index is 613. The van der Waals surface area contributed by atoms with E-state index < -0.39 is 0 Å². The van der Waals surface area contributed by atoms with Crippen molar-refractivity contribution in [1.82, 2.24) is 0 Å². The highest BCUT2D eigenvalue weighted by Crippen LogP contribution is 2.35. The summed E-state index contributed by atoms with van der Waals surface area (Å²) in [4.78, 5) is 1.98. The summed E-state index contributed by atoms with van der Waals surface area (Å²) in [5.41, 5.74) is 2.82. The Morgan fingerprint density at radius 2 is 1.90 bits per heavy atom. The number of halogens is 2. The van der Waals surface area contributed by atoms with Gasteiger partial charge in [-0.3, -0.25) is 0 Å². The van der Waals surface area contributed by atoms with Gasteiger partial charge in [-0.1, -0.05) is 36.7 Å². The zero-order valence-corrected chi connectivity index (χ0v) is 13.3. The molecule has 21 heavy (non-hydrogen) atoms. The van der Waals surface area contributed by atoms with Crippen LogP contribution in [0.3, 0.4) is 0 Å². The van der Waals surface area contributed by atoms with Crippen molar-refractivity contribution in [3.8, 4) is 0 Å². The van der Waals surface area contributed by atoms with Crippen LogP contribution in [0.15, 0.2) is 42.5 Å². The topological polar surface area (TPSA) is 15.3 Å². The Morgan fingerprint density at radius 1 is 1.19 bits per heavy atom.